The highest BCUT2D eigenvalue weighted by atomic mass is 79.9. The molecule has 0 saturated heterocycles. The van der Waals surface area contributed by atoms with E-state index in [-0.39, 0.29) is 23.4 Å². The first-order valence-electron chi connectivity index (χ1n) is 14.3. The summed E-state index contributed by atoms with van der Waals surface area (Å²) in [5.41, 5.74) is 1.14. The molecule has 0 spiro atoms. The summed E-state index contributed by atoms with van der Waals surface area (Å²) in [6.07, 6.45) is 5.50. The molecule has 0 aliphatic heterocycles. The number of carbonyl (C=O) groups is 2. The molecular formula is C32H38BrN3O5S. The van der Waals surface area contributed by atoms with Gasteiger partial charge in [-0.1, -0.05) is 78.5 Å². The van der Waals surface area contributed by atoms with Gasteiger partial charge >= 0.3 is 0 Å². The van der Waals surface area contributed by atoms with Gasteiger partial charge in [0.1, 0.15) is 18.3 Å². The fraction of sp³-hybridized carbons (Fsp3) is 0.375. The van der Waals surface area contributed by atoms with Crippen LogP contribution in [-0.4, -0.2) is 50.9 Å². The first-order chi connectivity index (χ1) is 20.2. The van der Waals surface area contributed by atoms with Gasteiger partial charge < -0.3 is 15.0 Å². The average molecular weight is 657 g/mol. The predicted octanol–water partition coefficient (Wildman–Crippen LogP) is 5.91. The first kappa shape index (κ1) is 31.6. The number of halogens is 1. The molecule has 3 aromatic carbocycles. The van der Waals surface area contributed by atoms with Crippen molar-refractivity contribution in [2.24, 2.45) is 0 Å². The summed E-state index contributed by atoms with van der Waals surface area (Å²) in [5.74, 6) is -0.0179. The molecule has 1 fully saturated rings. The maximum Gasteiger partial charge on any atom is 0.264 e. The van der Waals surface area contributed by atoms with Crippen molar-refractivity contribution in [3.8, 4) is 5.75 Å². The van der Waals surface area contributed by atoms with Crippen LogP contribution in [0.15, 0.2) is 88.2 Å². The van der Waals surface area contributed by atoms with Crippen LogP contribution in [0.5, 0.6) is 5.75 Å². The highest BCUT2D eigenvalue weighted by Crippen LogP contribution is 2.27. The molecule has 1 atom stereocenters. The highest BCUT2D eigenvalue weighted by molar-refractivity contribution is 9.10. The Morgan fingerprint density at radius 3 is 2.29 bits per heavy atom. The molecule has 10 heteroatoms. The van der Waals surface area contributed by atoms with Crippen LogP contribution < -0.4 is 14.4 Å². The Hall–Kier alpha value is -3.37. The van der Waals surface area contributed by atoms with Crippen molar-refractivity contribution in [3.05, 3.63) is 88.9 Å². The van der Waals surface area contributed by atoms with E-state index in [0.717, 1.165) is 42.0 Å². The second kappa shape index (κ2) is 14.7. The number of benzene rings is 3. The summed E-state index contributed by atoms with van der Waals surface area (Å²) in [7, 11) is -2.53. The summed E-state index contributed by atoms with van der Waals surface area (Å²) >= 11 is 3.43. The maximum absolute atomic E-state index is 14.2. The lowest BCUT2D eigenvalue weighted by Gasteiger charge is -2.34. The van der Waals surface area contributed by atoms with Crippen LogP contribution in [0.4, 0.5) is 5.69 Å². The number of hydrogen-bond donors (Lipinski definition) is 1. The smallest absolute Gasteiger partial charge is 0.264 e. The van der Waals surface area contributed by atoms with Crippen LogP contribution in [0, 0.1) is 0 Å². The highest BCUT2D eigenvalue weighted by Gasteiger charge is 2.34. The lowest BCUT2D eigenvalue weighted by atomic mass is 9.95. The molecule has 0 heterocycles. The van der Waals surface area contributed by atoms with Crippen LogP contribution in [-0.2, 0) is 26.2 Å². The minimum atomic E-state index is -4.11. The summed E-state index contributed by atoms with van der Waals surface area (Å²) in [4.78, 5) is 29.4. The Kier molecular flexibility index (Phi) is 11.0. The van der Waals surface area contributed by atoms with Crippen molar-refractivity contribution >= 4 is 43.5 Å². The fourth-order valence-electron chi connectivity index (χ4n) is 5.27. The number of sulfonamides is 1. The van der Waals surface area contributed by atoms with Gasteiger partial charge in [-0.3, -0.25) is 13.9 Å². The zero-order valence-corrected chi connectivity index (χ0v) is 26.4. The van der Waals surface area contributed by atoms with Gasteiger partial charge in [0, 0.05) is 17.1 Å². The Bertz CT molecular complexity index is 1440. The van der Waals surface area contributed by atoms with Crippen molar-refractivity contribution in [1.82, 2.24) is 10.2 Å². The molecule has 1 saturated carbocycles. The normalized spacial score (nSPS) is 14.5. The molecule has 0 unspecified atom stereocenters. The molecule has 1 aliphatic rings. The number of methoxy groups -OCH3 is 1. The molecule has 3 aromatic rings. The SMILES string of the molecule is CC[C@H](C(=O)NC1CCCCC1)N(Cc1ccc(OC)cc1)C(=O)CN(c1cccc(Br)c1)S(=O)(=O)c1ccccc1. The number of hydrogen-bond acceptors (Lipinski definition) is 5. The third-order valence-electron chi connectivity index (χ3n) is 7.56. The summed E-state index contributed by atoms with van der Waals surface area (Å²) in [6, 6.07) is 21.5. The predicted molar refractivity (Wildman–Crippen MR) is 168 cm³/mol. The third kappa shape index (κ3) is 7.92. The second-order valence-electron chi connectivity index (χ2n) is 10.4. The van der Waals surface area contributed by atoms with Crippen LogP contribution in [0.3, 0.4) is 0 Å². The molecule has 0 radical (unpaired) electrons. The Balaban J connectivity index is 1.69. The lowest BCUT2D eigenvalue weighted by Crippen LogP contribution is -2.54. The topological polar surface area (TPSA) is 96.0 Å². The van der Waals surface area contributed by atoms with Gasteiger partial charge in [-0.05, 0) is 67.3 Å². The molecule has 42 heavy (non-hydrogen) atoms. The van der Waals surface area contributed by atoms with Crippen LogP contribution in [0.2, 0.25) is 0 Å². The minimum absolute atomic E-state index is 0.0709. The number of amides is 2. The van der Waals surface area contributed by atoms with E-state index in [1.807, 2.05) is 19.1 Å². The lowest BCUT2D eigenvalue weighted by molar-refractivity contribution is -0.140. The van der Waals surface area contributed by atoms with Crippen LogP contribution in [0.25, 0.3) is 0 Å². The van der Waals surface area contributed by atoms with Gasteiger partial charge in [-0.25, -0.2) is 8.42 Å². The maximum atomic E-state index is 14.2. The molecule has 0 bridgehead atoms. The molecule has 1 aliphatic carbocycles. The van der Waals surface area contributed by atoms with Gasteiger partial charge in [-0.15, -0.1) is 0 Å². The average Bonchev–Trinajstić information content (AvgIpc) is 3.00. The second-order valence-corrected chi connectivity index (χ2v) is 13.2. The van der Waals surface area contributed by atoms with Crippen molar-refractivity contribution in [2.75, 3.05) is 18.0 Å². The van der Waals surface area contributed by atoms with Crippen molar-refractivity contribution in [3.63, 3.8) is 0 Å². The van der Waals surface area contributed by atoms with E-state index >= 15 is 0 Å². The number of rotatable bonds is 12. The van der Waals surface area contributed by atoms with E-state index in [1.165, 1.54) is 17.0 Å². The van der Waals surface area contributed by atoms with Crippen LogP contribution >= 0.6 is 15.9 Å². The standard InChI is InChI=1S/C32H38BrN3O5S/c1-3-30(32(38)34-26-12-6-4-7-13-26)35(22-24-17-19-28(41-2)20-18-24)31(37)23-36(27-14-10-11-25(33)21-27)42(39,40)29-15-8-5-9-16-29/h5,8-11,14-21,26,30H,3-4,6-7,12-13,22-23H2,1-2H3,(H,34,38)/t30-/m1/s1. The van der Waals surface area contributed by atoms with E-state index in [2.05, 4.69) is 21.2 Å². The Morgan fingerprint density at radius 2 is 1.67 bits per heavy atom. The zero-order chi connectivity index (χ0) is 30.1. The fourth-order valence-corrected chi connectivity index (χ4v) is 7.09. The number of anilines is 1. The third-order valence-corrected chi connectivity index (χ3v) is 9.84. The summed E-state index contributed by atoms with van der Waals surface area (Å²) in [6.45, 7) is 1.53. The van der Waals surface area contributed by atoms with E-state index in [9.17, 15) is 18.0 Å². The van der Waals surface area contributed by atoms with Gasteiger partial charge in [0.15, 0.2) is 0 Å². The summed E-state index contributed by atoms with van der Waals surface area (Å²) < 4.78 is 34.9. The van der Waals surface area contributed by atoms with Crippen molar-refractivity contribution < 1.29 is 22.7 Å². The molecule has 4 rings (SSSR count). The number of nitrogens with one attached hydrogen (secondary N) is 1. The summed E-state index contributed by atoms with van der Waals surface area (Å²) in [5, 5.41) is 3.17. The van der Waals surface area contributed by atoms with Crippen molar-refractivity contribution in [1.29, 1.82) is 0 Å². The minimum Gasteiger partial charge on any atom is -0.497 e. The molecule has 1 N–H and O–H groups in total. The van der Waals surface area contributed by atoms with E-state index in [4.69, 9.17) is 4.74 Å². The van der Waals surface area contributed by atoms with Gasteiger partial charge in [0.05, 0.1) is 17.7 Å². The quantitative estimate of drug-likeness (QED) is 0.262. The molecule has 224 valence electrons. The van der Waals surface area contributed by atoms with Gasteiger partial charge in [-0.2, -0.15) is 0 Å². The molecular weight excluding hydrogens is 618 g/mol. The number of carbonyl (C=O) groups excluding carboxylic acids is 2. The Morgan fingerprint density at radius 1 is 0.976 bits per heavy atom. The number of ether oxygens (including phenoxy) is 1. The molecule has 2 amide bonds. The Labute approximate surface area is 257 Å². The largest absolute Gasteiger partial charge is 0.497 e. The molecule has 8 nitrogen and oxygen atoms in total. The first-order valence-corrected chi connectivity index (χ1v) is 16.5. The molecule has 0 aromatic heterocycles. The van der Waals surface area contributed by atoms with Crippen molar-refractivity contribution in [2.45, 2.75) is 69.0 Å². The number of nitrogens with zero attached hydrogens (tertiary/aromatic N) is 2. The monoisotopic (exact) mass is 655 g/mol. The van der Waals surface area contributed by atoms with E-state index in [0.29, 0.717) is 22.3 Å². The van der Waals surface area contributed by atoms with Gasteiger partial charge in [0.2, 0.25) is 11.8 Å². The van der Waals surface area contributed by atoms with Crippen LogP contribution in [0.1, 0.15) is 51.0 Å². The zero-order valence-electron chi connectivity index (χ0n) is 24.0. The van der Waals surface area contributed by atoms with Gasteiger partial charge in [0.25, 0.3) is 10.0 Å². The van der Waals surface area contributed by atoms with E-state index < -0.39 is 28.5 Å². The van der Waals surface area contributed by atoms with E-state index in [1.54, 1.807) is 61.7 Å².